The van der Waals surface area contributed by atoms with Crippen LogP contribution in [0.4, 0.5) is 0 Å². The molecular formula is C2H6BrClSn. The quantitative estimate of drug-likeness (QED) is 0.589. The van der Waals surface area contributed by atoms with Crippen LogP contribution in [0, 0.1) is 0 Å². The van der Waals surface area contributed by atoms with E-state index in [1.165, 1.54) is 0 Å². The van der Waals surface area contributed by atoms with E-state index in [0.29, 0.717) is 0 Å². The monoisotopic (exact) mass is 264 g/mol. The van der Waals surface area contributed by atoms with E-state index in [0.717, 1.165) is 0 Å². The SMILES string of the molecule is [CH3][Sn]([CH3])([Cl])[Br]. The van der Waals surface area contributed by atoms with Gasteiger partial charge in [-0.15, -0.1) is 0 Å². The number of halogens is 2. The van der Waals surface area contributed by atoms with Gasteiger partial charge in [0.15, 0.2) is 0 Å². The van der Waals surface area contributed by atoms with Crippen LogP contribution in [0.15, 0.2) is 0 Å². The molecule has 0 aliphatic heterocycles. The zero-order valence-corrected chi connectivity index (χ0v) is 8.45. The molecule has 32 valence electrons. The van der Waals surface area contributed by atoms with Crippen molar-refractivity contribution < 1.29 is 0 Å². The molecule has 0 aromatic carbocycles. The minimum absolute atomic E-state index is 1.90. The average Bonchev–Trinajstić information content (AvgIpc) is 0.722. The first-order chi connectivity index (χ1) is 2.00. The molecular weight excluding hydrogens is 258 g/mol. The Morgan fingerprint density at radius 2 is 1.60 bits per heavy atom. The van der Waals surface area contributed by atoms with E-state index in [9.17, 15) is 0 Å². The van der Waals surface area contributed by atoms with Crippen LogP contribution >= 0.6 is 21.6 Å². The number of hydrogen-bond acceptors (Lipinski definition) is 0. The molecule has 0 saturated carbocycles. The average molecular weight is 264 g/mol. The van der Waals surface area contributed by atoms with Gasteiger partial charge in [0.1, 0.15) is 0 Å². The fraction of sp³-hybridized carbons (Fsp3) is 1.00. The van der Waals surface area contributed by atoms with Gasteiger partial charge in [0.25, 0.3) is 0 Å². The molecule has 0 amide bonds. The van der Waals surface area contributed by atoms with Gasteiger partial charge in [0.05, 0.1) is 0 Å². The molecule has 0 aromatic heterocycles. The third kappa shape index (κ3) is 28.8. The maximum absolute atomic E-state index is 5.66. The topological polar surface area (TPSA) is 0 Å². The molecule has 3 heteroatoms. The summed E-state index contributed by atoms with van der Waals surface area (Å²) in [5.74, 6) is 0. The summed E-state index contributed by atoms with van der Waals surface area (Å²) < 4.78 is 0. The predicted molar refractivity (Wildman–Crippen MR) is 32.3 cm³/mol. The Morgan fingerprint density at radius 3 is 1.60 bits per heavy atom. The number of hydrogen-bond donors (Lipinski definition) is 0. The Bertz CT molecular complexity index is 25.1. The van der Waals surface area contributed by atoms with E-state index >= 15 is 0 Å². The Hall–Kier alpha value is 1.57. The number of rotatable bonds is 0. The minimum atomic E-state index is -1.90. The standard InChI is InChI=1S/2CH3.BrH.ClH.Sn/h2*1H3;2*1H;/q;;;;+2/p-2. The Kier molecular flexibility index (Phi) is 2.67. The molecule has 0 fully saturated rings. The third-order valence-electron chi connectivity index (χ3n) is 0. The van der Waals surface area contributed by atoms with E-state index in [1.54, 1.807) is 0 Å². The molecule has 0 bridgehead atoms. The van der Waals surface area contributed by atoms with Gasteiger partial charge in [-0.05, 0) is 0 Å². The van der Waals surface area contributed by atoms with E-state index < -0.39 is 15.0 Å². The van der Waals surface area contributed by atoms with Gasteiger partial charge < -0.3 is 0 Å². The molecule has 0 aromatic rings. The van der Waals surface area contributed by atoms with Crippen LogP contribution in [-0.2, 0) is 0 Å². The molecule has 0 aliphatic carbocycles. The fourth-order valence-corrected chi connectivity index (χ4v) is 0. The van der Waals surface area contributed by atoms with Gasteiger partial charge in [-0.2, -0.15) is 0 Å². The second kappa shape index (κ2) is 2.03. The molecule has 0 N–H and O–H groups in total. The van der Waals surface area contributed by atoms with E-state index in [2.05, 4.69) is 22.6 Å². The summed E-state index contributed by atoms with van der Waals surface area (Å²) in [6, 6.07) is 0. The summed E-state index contributed by atoms with van der Waals surface area (Å²) in [5.41, 5.74) is 0. The van der Waals surface area contributed by atoms with Crippen LogP contribution < -0.4 is 0 Å². The van der Waals surface area contributed by atoms with Crippen LogP contribution in [0.5, 0.6) is 0 Å². The van der Waals surface area contributed by atoms with Crippen molar-refractivity contribution in [2.45, 2.75) is 9.88 Å². The van der Waals surface area contributed by atoms with Gasteiger partial charge in [0, 0.05) is 0 Å². The van der Waals surface area contributed by atoms with E-state index in [4.69, 9.17) is 8.92 Å². The molecule has 0 radical (unpaired) electrons. The second-order valence-electron chi connectivity index (χ2n) is 1.33. The van der Waals surface area contributed by atoms with E-state index in [-0.39, 0.29) is 0 Å². The van der Waals surface area contributed by atoms with Crippen molar-refractivity contribution in [1.82, 2.24) is 0 Å². The van der Waals surface area contributed by atoms with Crippen molar-refractivity contribution in [3.8, 4) is 0 Å². The third-order valence-corrected chi connectivity index (χ3v) is 0. The zero-order valence-electron chi connectivity index (χ0n) is 3.26. The van der Waals surface area contributed by atoms with Crippen molar-refractivity contribution in [2.24, 2.45) is 0 Å². The molecule has 0 atom stereocenters. The molecule has 0 nitrogen and oxygen atoms in total. The predicted octanol–water partition coefficient (Wildman–Crippen LogP) is 2.32. The van der Waals surface area contributed by atoms with Crippen LogP contribution in [-0.4, -0.2) is 15.0 Å². The summed E-state index contributed by atoms with van der Waals surface area (Å²) in [6.45, 7) is 0. The summed E-state index contributed by atoms with van der Waals surface area (Å²) in [4.78, 5) is 4.16. The van der Waals surface area contributed by atoms with Gasteiger partial charge in [0.2, 0.25) is 0 Å². The molecule has 0 spiro atoms. The van der Waals surface area contributed by atoms with Gasteiger partial charge >= 0.3 is 46.5 Å². The van der Waals surface area contributed by atoms with Crippen LogP contribution in [0.1, 0.15) is 0 Å². The Balaban J connectivity index is 3.02. The Morgan fingerprint density at radius 1 is 1.60 bits per heavy atom. The molecule has 5 heavy (non-hydrogen) atoms. The summed E-state index contributed by atoms with van der Waals surface area (Å²) in [5, 5.41) is 0. The first-order valence-corrected chi connectivity index (χ1v) is 17.1. The van der Waals surface area contributed by atoms with Crippen LogP contribution in [0.25, 0.3) is 0 Å². The zero-order chi connectivity index (χ0) is 4.50. The summed E-state index contributed by atoms with van der Waals surface area (Å²) in [6.07, 6.45) is 0. The van der Waals surface area contributed by atoms with E-state index in [1.807, 2.05) is 0 Å². The van der Waals surface area contributed by atoms with Crippen LogP contribution in [0.3, 0.4) is 0 Å². The van der Waals surface area contributed by atoms with Crippen molar-refractivity contribution in [3.63, 3.8) is 0 Å². The van der Waals surface area contributed by atoms with Gasteiger partial charge in [-0.25, -0.2) is 0 Å². The van der Waals surface area contributed by atoms with Crippen LogP contribution in [0.2, 0.25) is 9.88 Å². The maximum atomic E-state index is 5.66. The van der Waals surface area contributed by atoms with Crippen molar-refractivity contribution >= 4 is 36.7 Å². The molecule has 0 rings (SSSR count). The van der Waals surface area contributed by atoms with Gasteiger partial charge in [-0.3, -0.25) is 0 Å². The normalized spacial score (nSPS) is 12.0. The summed E-state index contributed by atoms with van der Waals surface area (Å²) in [7, 11) is 5.66. The molecule has 0 heterocycles. The summed E-state index contributed by atoms with van der Waals surface area (Å²) >= 11 is 1.46. The van der Waals surface area contributed by atoms with Gasteiger partial charge in [-0.1, -0.05) is 0 Å². The molecule has 0 unspecified atom stereocenters. The van der Waals surface area contributed by atoms with Crippen molar-refractivity contribution in [3.05, 3.63) is 0 Å². The fourth-order valence-electron chi connectivity index (χ4n) is 0. The van der Waals surface area contributed by atoms with Crippen molar-refractivity contribution in [2.75, 3.05) is 0 Å². The Labute approximate surface area is 46.2 Å². The molecule has 0 aliphatic rings. The first-order valence-electron chi connectivity index (χ1n) is 1.38. The second-order valence-corrected chi connectivity index (χ2v) is 31.6. The first kappa shape index (κ1) is 6.57. The molecule has 0 saturated heterocycles. The van der Waals surface area contributed by atoms with Crippen molar-refractivity contribution in [1.29, 1.82) is 0 Å².